The summed E-state index contributed by atoms with van der Waals surface area (Å²) in [7, 11) is 0. The van der Waals surface area contributed by atoms with Crippen molar-refractivity contribution in [1.29, 1.82) is 0 Å². The number of halogens is 2. The topological polar surface area (TPSA) is 108 Å². The Kier molecular flexibility index (Phi) is 4.98. The summed E-state index contributed by atoms with van der Waals surface area (Å²) in [5, 5.41) is 16.0. The minimum Gasteiger partial charge on any atom is -0.374 e. The number of nitrogens with two attached hydrogens (primary N) is 1. The molecule has 0 aliphatic carbocycles. The van der Waals surface area contributed by atoms with E-state index in [4.69, 9.17) is 10.3 Å². The lowest BCUT2D eigenvalue weighted by molar-refractivity contribution is -0.0494. The van der Waals surface area contributed by atoms with Gasteiger partial charge in [0.15, 0.2) is 0 Å². The zero-order chi connectivity index (χ0) is 23.5. The van der Waals surface area contributed by atoms with Crippen LogP contribution in [-0.2, 0) is 0 Å². The summed E-state index contributed by atoms with van der Waals surface area (Å²) in [5.41, 5.74) is 10.5. The number of aliphatic hydroxyl groups excluding tert-OH is 1. The number of carbonyl (C=O) groups is 1. The molecule has 1 saturated heterocycles. The Hall–Kier alpha value is -3.30. The molecule has 1 aliphatic heterocycles. The number of nitrogens with zero attached hydrogens (tertiary/aromatic N) is 2. The van der Waals surface area contributed by atoms with Gasteiger partial charge in [0.2, 0.25) is 0 Å². The highest BCUT2D eigenvalue weighted by atomic mass is 19.3. The molecule has 0 saturated carbocycles. The minimum absolute atomic E-state index is 0.0287. The molecule has 172 valence electrons. The van der Waals surface area contributed by atoms with Crippen LogP contribution in [0.15, 0.2) is 34.9 Å². The lowest BCUT2D eigenvalue weighted by Gasteiger charge is -2.31. The maximum absolute atomic E-state index is 13.5. The number of hydrogen-bond donors (Lipinski definition) is 3. The molecule has 1 aliphatic rings. The summed E-state index contributed by atoms with van der Waals surface area (Å²) >= 11 is 0. The van der Waals surface area contributed by atoms with Gasteiger partial charge in [0.05, 0.1) is 11.2 Å². The van der Waals surface area contributed by atoms with Crippen LogP contribution in [0.2, 0.25) is 0 Å². The Bertz CT molecular complexity index is 1360. The van der Waals surface area contributed by atoms with E-state index < -0.39 is 12.2 Å². The first kappa shape index (κ1) is 21.5. The van der Waals surface area contributed by atoms with Crippen molar-refractivity contribution in [3.05, 3.63) is 52.9 Å². The van der Waals surface area contributed by atoms with E-state index in [0.717, 1.165) is 27.6 Å². The first-order chi connectivity index (χ1) is 15.6. The zero-order valence-electron chi connectivity index (χ0n) is 18.3. The molecule has 1 amide bonds. The Balaban J connectivity index is 1.60. The van der Waals surface area contributed by atoms with Crippen LogP contribution in [0.25, 0.3) is 32.9 Å². The number of amides is 1. The van der Waals surface area contributed by atoms with Crippen molar-refractivity contribution < 1.29 is 23.2 Å². The van der Waals surface area contributed by atoms with Crippen molar-refractivity contribution in [2.75, 3.05) is 13.1 Å². The number of nitrogens with one attached hydrogen (secondary N) is 1. The maximum atomic E-state index is 13.5. The maximum Gasteiger partial charge on any atom is 0.253 e. The van der Waals surface area contributed by atoms with E-state index in [1.165, 1.54) is 4.90 Å². The fourth-order valence-corrected chi connectivity index (χ4v) is 4.66. The number of aromatic amines is 1. The molecule has 1 fully saturated rings. The van der Waals surface area contributed by atoms with Crippen LogP contribution in [0, 0.1) is 13.8 Å². The Morgan fingerprint density at radius 1 is 1.21 bits per heavy atom. The van der Waals surface area contributed by atoms with E-state index >= 15 is 0 Å². The highest BCUT2D eigenvalue weighted by molar-refractivity contribution is 6.11. The highest BCUT2D eigenvalue weighted by Crippen LogP contribution is 2.37. The van der Waals surface area contributed by atoms with Gasteiger partial charge in [0, 0.05) is 58.9 Å². The fraction of sp³-hybridized carbons (Fsp3) is 0.333. The number of hydrogen-bond acceptors (Lipinski definition) is 5. The van der Waals surface area contributed by atoms with Gasteiger partial charge in [-0.25, -0.2) is 8.78 Å². The number of aromatic nitrogens is 2. The second kappa shape index (κ2) is 7.64. The van der Waals surface area contributed by atoms with Gasteiger partial charge < -0.3 is 25.2 Å². The molecule has 2 aromatic carbocycles. The first-order valence-electron chi connectivity index (χ1n) is 10.8. The summed E-state index contributed by atoms with van der Waals surface area (Å²) < 4.78 is 32.3. The predicted octanol–water partition coefficient (Wildman–Crippen LogP) is 4.41. The van der Waals surface area contributed by atoms with Crippen molar-refractivity contribution in [3.63, 3.8) is 0 Å². The standard InChI is InChI=1S/C24H24F2N4O3/c1-12-20(13(2)33-29-12)15-9-17-16-4-3-14(23(32)30-7-5-24(25,26)6-8-30)11-19(16)28-21(17)18(10-15)22(27)31/h3-4,9-11,22,28,31H,5-8,27H2,1-2H3/t22-/m1/s1. The Morgan fingerprint density at radius 3 is 2.58 bits per heavy atom. The van der Waals surface area contributed by atoms with Crippen molar-refractivity contribution in [2.45, 2.75) is 38.8 Å². The van der Waals surface area contributed by atoms with Crippen LogP contribution in [0.4, 0.5) is 8.78 Å². The van der Waals surface area contributed by atoms with E-state index in [9.17, 15) is 18.7 Å². The van der Waals surface area contributed by atoms with Crippen molar-refractivity contribution in [2.24, 2.45) is 5.73 Å². The number of carbonyl (C=O) groups excluding carboxylic acids is 1. The predicted molar refractivity (Wildman–Crippen MR) is 120 cm³/mol. The normalized spacial score (nSPS) is 17.1. The molecular formula is C24H24F2N4O3. The molecule has 5 rings (SSSR count). The van der Waals surface area contributed by atoms with Gasteiger partial charge in [-0.1, -0.05) is 11.2 Å². The number of alkyl halides is 2. The van der Waals surface area contributed by atoms with E-state index in [2.05, 4.69) is 10.1 Å². The van der Waals surface area contributed by atoms with Gasteiger partial charge in [-0.3, -0.25) is 4.79 Å². The third-order valence-corrected chi connectivity index (χ3v) is 6.41. The molecule has 9 heteroatoms. The van der Waals surface area contributed by atoms with Crippen LogP contribution >= 0.6 is 0 Å². The van der Waals surface area contributed by atoms with Gasteiger partial charge in [0.25, 0.3) is 11.8 Å². The largest absolute Gasteiger partial charge is 0.374 e. The molecule has 4 N–H and O–H groups in total. The van der Waals surface area contributed by atoms with Crippen molar-refractivity contribution >= 4 is 27.7 Å². The number of rotatable bonds is 3. The summed E-state index contributed by atoms with van der Waals surface area (Å²) in [4.78, 5) is 17.7. The van der Waals surface area contributed by atoms with E-state index in [1.54, 1.807) is 18.2 Å². The lowest BCUT2D eigenvalue weighted by atomic mass is 9.97. The number of likely N-dealkylation sites (tertiary alicyclic amines) is 1. The number of H-pyrrole nitrogens is 1. The summed E-state index contributed by atoms with van der Waals surface area (Å²) in [5.74, 6) is -2.33. The highest BCUT2D eigenvalue weighted by Gasteiger charge is 2.35. The SMILES string of the molecule is Cc1noc(C)c1-c1cc([C@H](N)O)c2[nH]c3cc(C(=O)N4CCC(F)(F)CC4)ccc3c2c1. The van der Waals surface area contributed by atoms with Gasteiger partial charge in [-0.15, -0.1) is 0 Å². The molecule has 4 aromatic rings. The number of fused-ring (bicyclic) bond motifs is 3. The van der Waals surface area contributed by atoms with Gasteiger partial charge >= 0.3 is 0 Å². The van der Waals surface area contributed by atoms with Crippen LogP contribution < -0.4 is 5.73 Å². The average molecular weight is 454 g/mol. The van der Waals surface area contributed by atoms with Crippen LogP contribution in [-0.4, -0.2) is 45.1 Å². The van der Waals surface area contributed by atoms with E-state index in [0.29, 0.717) is 27.9 Å². The van der Waals surface area contributed by atoms with Gasteiger partial charge in [0.1, 0.15) is 12.0 Å². The third-order valence-electron chi connectivity index (χ3n) is 6.41. The van der Waals surface area contributed by atoms with E-state index in [1.807, 2.05) is 26.0 Å². The Morgan fingerprint density at radius 2 is 1.94 bits per heavy atom. The summed E-state index contributed by atoms with van der Waals surface area (Å²) in [6.45, 7) is 3.72. The average Bonchev–Trinajstić information content (AvgIpc) is 3.31. The fourth-order valence-electron chi connectivity index (χ4n) is 4.66. The Labute approximate surface area is 188 Å². The smallest absolute Gasteiger partial charge is 0.253 e. The molecule has 3 heterocycles. The molecular weight excluding hydrogens is 430 g/mol. The van der Waals surface area contributed by atoms with Gasteiger partial charge in [-0.2, -0.15) is 0 Å². The summed E-state index contributed by atoms with van der Waals surface area (Å²) in [6.07, 6.45) is -1.87. The molecule has 0 radical (unpaired) electrons. The number of piperidine rings is 1. The van der Waals surface area contributed by atoms with Gasteiger partial charge in [-0.05, 0) is 43.7 Å². The molecule has 0 unspecified atom stereocenters. The van der Waals surface area contributed by atoms with Crippen molar-refractivity contribution in [1.82, 2.24) is 15.0 Å². The number of aryl methyl sites for hydroxylation is 2. The first-order valence-corrected chi connectivity index (χ1v) is 10.8. The minimum atomic E-state index is -2.71. The lowest BCUT2D eigenvalue weighted by Crippen LogP contribution is -2.42. The molecule has 7 nitrogen and oxygen atoms in total. The molecule has 33 heavy (non-hydrogen) atoms. The van der Waals surface area contributed by atoms with Crippen molar-refractivity contribution in [3.8, 4) is 11.1 Å². The monoisotopic (exact) mass is 454 g/mol. The van der Waals surface area contributed by atoms with Crippen LogP contribution in [0.1, 0.15) is 46.4 Å². The van der Waals surface area contributed by atoms with Crippen LogP contribution in [0.5, 0.6) is 0 Å². The second-order valence-electron chi connectivity index (χ2n) is 8.67. The molecule has 2 aromatic heterocycles. The zero-order valence-corrected chi connectivity index (χ0v) is 18.3. The number of aliphatic hydroxyl groups is 1. The quantitative estimate of drug-likeness (QED) is 0.397. The molecule has 0 spiro atoms. The molecule has 1 atom stereocenters. The number of benzene rings is 2. The van der Waals surface area contributed by atoms with Crippen LogP contribution in [0.3, 0.4) is 0 Å². The second-order valence-corrected chi connectivity index (χ2v) is 8.67. The third kappa shape index (κ3) is 3.67. The molecule has 0 bridgehead atoms. The summed E-state index contributed by atoms with van der Waals surface area (Å²) in [6, 6.07) is 9.01. The van der Waals surface area contributed by atoms with E-state index in [-0.39, 0.29) is 31.8 Å².